The monoisotopic (exact) mass is 391 g/mol. The van der Waals surface area contributed by atoms with Crippen LogP contribution in [0.1, 0.15) is 31.4 Å². The Hall–Kier alpha value is -2.41. The molecule has 0 radical (unpaired) electrons. The van der Waals surface area contributed by atoms with Crippen LogP contribution in [0.2, 0.25) is 0 Å². The molecule has 0 spiro atoms. The fourth-order valence-corrected chi connectivity index (χ4v) is 2.71. The van der Waals surface area contributed by atoms with E-state index in [0.29, 0.717) is 11.7 Å². The molecule has 0 aromatic heterocycles. The Morgan fingerprint density at radius 2 is 1.85 bits per heavy atom. The number of nitrogens with two attached hydrogens (primary N) is 1. The lowest BCUT2D eigenvalue weighted by Gasteiger charge is -2.10. The van der Waals surface area contributed by atoms with Crippen LogP contribution in [0.15, 0.2) is 52.7 Å². The normalized spacial score (nSPS) is 12.1. The molecule has 0 fully saturated rings. The smallest absolute Gasteiger partial charge is 0.190 e. The Labute approximate surface area is 162 Å². The molecule has 4 nitrogen and oxygen atoms in total. The number of rotatable bonds is 8. The van der Waals surface area contributed by atoms with Crippen LogP contribution in [0, 0.1) is 17.6 Å². The summed E-state index contributed by atoms with van der Waals surface area (Å²) in [5.74, 6) is -0.844. The van der Waals surface area contributed by atoms with Crippen LogP contribution in [0.25, 0.3) is 0 Å². The van der Waals surface area contributed by atoms with Gasteiger partial charge in [0.2, 0.25) is 0 Å². The van der Waals surface area contributed by atoms with Gasteiger partial charge in [0.05, 0.1) is 12.8 Å². The first-order chi connectivity index (χ1) is 13.0. The molecule has 0 heterocycles. The van der Waals surface area contributed by atoms with Gasteiger partial charge >= 0.3 is 0 Å². The van der Waals surface area contributed by atoms with Crippen LogP contribution in [-0.4, -0.2) is 18.0 Å². The van der Waals surface area contributed by atoms with E-state index in [0.717, 1.165) is 24.1 Å². The third kappa shape index (κ3) is 7.38. The van der Waals surface area contributed by atoms with Crippen molar-refractivity contribution in [1.82, 2.24) is 0 Å². The summed E-state index contributed by atoms with van der Waals surface area (Å²) < 4.78 is 33.3. The van der Waals surface area contributed by atoms with Gasteiger partial charge in [0.1, 0.15) is 0 Å². The molecule has 0 unspecified atom stereocenters. The van der Waals surface area contributed by atoms with Crippen LogP contribution in [0.3, 0.4) is 0 Å². The number of benzene rings is 2. The number of amidine groups is 1. The van der Waals surface area contributed by atoms with Gasteiger partial charge in [0, 0.05) is 11.3 Å². The number of thioether (sulfide) groups is 1. The van der Waals surface area contributed by atoms with Gasteiger partial charge < -0.3 is 10.5 Å². The minimum atomic E-state index is -0.768. The number of hydrogen-bond donors (Lipinski definition) is 1. The standard InChI is InChI=1S/C20H23F2N3OS/c1-14(2)8-9-26-19-17(21)10-16(11-18(19)22)12-24-25-20(23)27-13-15-6-4-3-5-7-15/h3-7,10-12,14H,8-9,13H2,1-2H3,(H2,23,25). The molecule has 144 valence electrons. The Morgan fingerprint density at radius 3 is 2.48 bits per heavy atom. The van der Waals surface area contributed by atoms with Crippen molar-refractivity contribution in [2.24, 2.45) is 21.9 Å². The first-order valence-electron chi connectivity index (χ1n) is 8.60. The van der Waals surface area contributed by atoms with Crippen molar-refractivity contribution in [3.05, 3.63) is 65.2 Å². The molecule has 2 N–H and O–H groups in total. The molecule has 2 aromatic carbocycles. The molecule has 0 saturated carbocycles. The summed E-state index contributed by atoms with van der Waals surface area (Å²) in [6.45, 7) is 4.29. The van der Waals surface area contributed by atoms with E-state index in [1.807, 2.05) is 44.2 Å². The van der Waals surface area contributed by atoms with Crippen LogP contribution in [0.4, 0.5) is 8.78 Å². The molecule has 0 saturated heterocycles. The molecular formula is C20H23F2N3OS. The van der Waals surface area contributed by atoms with Gasteiger partial charge in [-0.05, 0) is 30.0 Å². The quantitative estimate of drug-likeness (QED) is 0.393. The highest BCUT2D eigenvalue weighted by Crippen LogP contribution is 2.23. The van der Waals surface area contributed by atoms with Crippen molar-refractivity contribution in [2.45, 2.75) is 26.0 Å². The Balaban J connectivity index is 1.93. The van der Waals surface area contributed by atoms with Gasteiger partial charge in [-0.15, -0.1) is 5.10 Å². The second-order valence-electron chi connectivity index (χ2n) is 6.30. The molecule has 0 bridgehead atoms. The van der Waals surface area contributed by atoms with E-state index in [2.05, 4.69) is 10.2 Å². The zero-order valence-electron chi connectivity index (χ0n) is 15.4. The van der Waals surface area contributed by atoms with Gasteiger partial charge in [-0.3, -0.25) is 0 Å². The van der Waals surface area contributed by atoms with E-state index in [4.69, 9.17) is 10.5 Å². The highest BCUT2D eigenvalue weighted by Gasteiger charge is 2.12. The van der Waals surface area contributed by atoms with Crippen molar-refractivity contribution in [3.63, 3.8) is 0 Å². The second-order valence-corrected chi connectivity index (χ2v) is 7.30. The Kier molecular flexibility index (Phi) is 8.26. The third-order valence-corrected chi connectivity index (χ3v) is 4.41. The second kappa shape index (κ2) is 10.7. The molecule has 0 amide bonds. The fraction of sp³-hybridized carbons (Fsp3) is 0.300. The number of nitrogens with zero attached hydrogens (tertiary/aromatic N) is 2. The molecule has 7 heteroatoms. The number of hydrogen-bond acceptors (Lipinski definition) is 4. The lowest BCUT2D eigenvalue weighted by Crippen LogP contribution is -2.06. The molecule has 0 aliphatic rings. The zero-order valence-corrected chi connectivity index (χ0v) is 16.2. The largest absolute Gasteiger partial charge is 0.488 e. The molecule has 2 aromatic rings. The van der Waals surface area contributed by atoms with Crippen LogP contribution in [-0.2, 0) is 5.75 Å². The molecular weight excluding hydrogens is 368 g/mol. The van der Waals surface area contributed by atoms with E-state index < -0.39 is 11.6 Å². The van der Waals surface area contributed by atoms with Crippen LogP contribution < -0.4 is 10.5 Å². The average molecular weight is 391 g/mol. The molecule has 0 atom stereocenters. The van der Waals surface area contributed by atoms with Crippen molar-refractivity contribution < 1.29 is 13.5 Å². The predicted octanol–water partition coefficient (Wildman–Crippen LogP) is 4.97. The number of halogens is 2. The van der Waals surface area contributed by atoms with E-state index in [1.54, 1.807) is 0 Å². The highest BCUT2D eigenvalue weighted by atomic mass is 32.2. The summed E-state index contributed by atoms with van der Waals surface area (Å²) in [7, 11) is 0. The summed E-state index contributed by atoms with van der Waals surface area (Å²) in [5, 5.41) is 7.90. The van der Waals surface area contributed by atoms with E-state index >= 15 is 0 Å². The summed E-state index contributed by atoms with van der Waals surface area (Å²) >= 11 is 1.33. The SMILES string of the molecule is CC(C)CCOc1c(F)cc(C=NN=C(N)SCc2ccccc2)cc1F. The van der Waals surface area contributed by atoms with Crippen LogP contribution in [0.5, 0.6) is 5.75 Å². The van der Waals surface area contributed by atoms with Gasteiger partial charge in [-0.25, -0.2) is 8.78 Å². The minimum Gasteiger partial charge on any atom is -0.488 e. The van der Waals surface area contributed by atoms with Crippen LogP contribution >= 0.6 is 11.8 Å². The predicted molar refractivity (Wildman–Crippen MR) is 108 cm³/mol. The maximum absolute atomic E-state index is 14.0. The van der Waals surface area contributed by atoms with E-state index in [1.165, 1.54) is 18.0 Å². The van der Waals surface area contributed by atoms with E-state index in [9.17, 15) is 8.78 Å². The molecule has 0 aliphatic carbocycles. The summed E-state index contributed by atoms with van der Waals surface area (Å²) in [5.41, 5.74) is 7.13. The molecule has 27 heavy (non-hydrogen) atoms. The summed E-state index contributed by atoms with van der Waals surface area (Å²) in [6.07, 6.45) is 1.97. The first kappa shape index (κ1) is 20.9. The third-order valence-electron chi connectivity index (χ3n) is 3.55. The summed E-state index contributed by atoms with van der Waals surface area (Å²) in [6, 6.07) is 12.1. The van der Waals surface area contributed by atoms with Gasteiger partial charge in [0.15, 0.2) is 22.6 Å². The fourth-order valence-electron chi connectivity index (χ4n) is 2.10. The van der Waals surface area contributed by atoms with Crippen molar-refractivity contribution in [3.8, 4) is 5.75 Å². The molecule has 2 rings (SSSR count). The van der Waals surface area contributed by atoms with Crippen molar-refractivity contribution in [2.75, 3.05) is 6.61 Å². The van der Waals surface area contributed by atoms with Gasteiger partial charge in [0.25, 0.3) is 0 Å². The maximum Gasteiger partial charge on any atom is 0.190 e. The summed E-state index contributed by atoms with van der Waals surface area (Å²) in [4.78, 5) is 0. The van der Waals surface area contributed by atoms with Gasteiger partial charge in [-0.2, -0.15) is 5.10 Å². The number of ether oxygens (including phenoxy) is 1. The van der Waals surface area contributed by atoms with Crippen molar-refractivity contribution in [1.29, 1.82) is 0 Å². The zero-order chi connectivity index (χ0) is 19.6. The Morgan fingerprint density at radius 1 is 1.19 bits per heavy atom. The van der Waals surface area contributed by atoms with Gasteiger partial charge in [-0.1, -0.05) is 55.9 Å². The molecule has 0 aliphatic heterocycles. The minimum absolute atomic E-state index is 0.241. The van der Waals surface area contributed by atoms with E-state index in [-0.39, 0.29) is 23.1 Å². The highest BCUT2D eigenvalue weighted by molar-refractivity contribution is 8.13. The topological polar surface area (TPSA) is 60.0 Å². The lowest BCUT2D eigenvalue weighted by molar-refractivity contribution is 0.263. The Bertz CT molecular complexity index is 772. The van der Waals surface area contributed by atoms with Crippen molar-refractivity contribution >= 4 is 23.1 Å². The maximum atomic E-state index is 14.0. The average Bonchev–Trinajstić information content (AvgIpc) is 2.63. The lowest BCUT2D eigenvalue weighted by atomic mass is 10.1. The first-order valence-corrected chi connectivity index (χ1v) is 9.59.